The van der Waals surface area contributed by atoms with Crippen molar-refractivity contribution in [3.05, 3.63) is 41.5 Å². The van der Waals surface area contributed by atoms with Crippen molar-refractivity contribution in [2.24, 2.45) is 5.73 Å². The summed E-state index contributed by atoms with van der Waals surface area (Å²) < 4.78 is 0. The lowest BCUT2D eigenvalue weighted by Gasteiger charge is -1.97. The van der Waals surface area contributed by atoms with Gasteiger partial charge in [-0.1, -0.05) is 30.3 Å². The third-order valence-corrected chi connectivity index (χ3v) is 1.63. The smallest absolute Gasteiger partial charge is 0.246 e. The molecule has 0 bridgehead atoms. The highest BCUT2D eigenvalue weighted by Crippen LogP contribution is 2.05. The number of carbonyl (C=O) groups is 1. The molecular weight excluding hydrogens is 166 g/mol. The number of hydrogen-bond donors (Lipinski definition) is 2. The average molecular weight is 177 g/mol. The van der Waals surface area contributed by atoms with Crippen molar-refractivity contribution in [3.8, 4) is 0 Å². The van der Waals surface area contributed by atoms with Gasteiger partial charge < -0.3 is 10.8 Å². The number of carbonyl (C=O) groups excluding carboxylic acids is 1. The second kappa shape index (κ2) is 4.42. The van der Waals surface area contributed by atoms with Crippen LogP contribution < -0.4 is 5.73 Å². The molecule has 0 radical (unpaired) electrons. The Labute approximate surface area is 76.5 Å². The summed E-state index contributed by atoms with van der Waals surface area (Å²) in [7, 11) is 0. The molecule has 3 N–H and O–H groups in total. The van der Waals surface area contributed by atoms with Crippen molar-refractivity contribution in [1.82, 2.24) is 0 Å². The minimum atomic E-state index is -0.591. The van der Waals surface area contributed by atoms with Crippen LogP contribution in [0.3, 0.4) is 0 Å². The summed E-state index contributed by atoms with van der Waals surface area (Å²) in [6, 6.07) is 9.24. The first-order chi connectivity index (χ1) is 6.24. The van der Waals surface area contributed by atoms with Gasteiger partial charge >= 0.3 is 0 Å². The predicted octanol–water partition coefficient (Wildman–Crippen LogP) is 0.548. The molecule has 0 saturated carbocycles. The highest BCUT2D eigenvalue weighted by molar-refractivity contribution is 5.96. The molecule has 0 aliphatic carbocycles. The van der Waals surface area contributed by atoms with Crippen LogP contribution in [0.25, 0.3) is 6.08 Å². The number of nitrogens with two attached hydrogens (primary N) is 1. The zero-order valence-electron chi connectivity index (χ0n) is 7.10. The Morgan fingerprint density at radius 2 is 2.00 bits per heavy atom. The Morgan fingerprint density at radius 3 is 2.46 bits per heavy atom. The summed E-state index contributed by atoms with van der Waals surface area (Å²) in [5.74, 6) is -0.591. The molecule has 1 amide bonds. The second-order valence-corrected chi connectivity index (χ2v) is 2.60. The summed E-state index contributed by atoms with van der Waals surface area (Å²) in [6.07, 6.45) is 1.57. The Balaban J connectivity index is 2.92. The average Bonchev–Trinajstić information content (AvgIpc) is 2.15. The van der Waals surface area contributed by atoms with Gasteiger partial charge in [-0.15, -0.1) is 0 Å². The number of aliphatic hydroxyl groups excluding tert-OH is 1. The first-order valence-corrected chi connectivity index (χ1v) is 3.90. The zero-order chi connectivity index (χ0) is 9.68. The maximum absolute atomic E-state index is 10.7. The van der Waals surface area contributed by atoms with Gasteiger partial charge in [0.05, 0.1) is 6.61 Å². The van der Waals surface area contributed by atoms with Crippen LogP contribution in [0.5, 0.6) is 0 Å². The molecule has 0 heterocycles. The lowest BCUT2D eigenvalue weighted by Crippen LogP contribution is -2.16. The standard InChI is InChI=1S/C10H11NO2/c11-10(13)9(7-12)6-8-4-2-1-3-5-8/h1-6,12H,7H2,(H2,11,13). The lowest BCUT2D eigenvalue weighted by atomic mass is 10.1. The van der Waals surface area contributed by atoms with E-state index in [1.54, 1.807) is 6.08 Å². The second-order valence-electron chi connectivity index (χ2n) is 2.60. The van der Waals surface area contributed by atoms with E-state index in [9.17, 15) is 4.79 Å². The van der Waals surface area contributed by atoms with Crippen LogP contribution in [0.4, 0.5) is 0 Å². The number of hydrogen-bond acceptors (Lipinski definition) is 2. The van der Waals surface area contributed by atoms with E-state index in [1.165, 1.54) is 0 Å². The minimum absolute atomic E-state index is 0.214. The molecule has 3 nitrogen and oxygen atoms in total. The van der Waals surface area contributed by atoms with Gasteiger partial charge in [-0.2, -0.15) is 0 Å². The number of primary amides is 1. The number of aliphatic hydroxyl groups is 1. The third kappa shape index (κ3) is 2.72. The largest absolute Gasteiger partial charge is 0.391 e. The molecule has 0 aliphatic rings. The van der Waals surface area contributed by atoms with Crippen molar-refractivity contribution in [1.29, 1.82) is 0 Å². The molecule has 0 aliphatic heterocycles. The SMILES string of the molecule is NC(=O)C(=Cc1ccccc1)CO. The molecule has 0 aromatic heterocycles. The molecule has 0 fully saturated rings. The summed E-state index contributed by atoms with van der Waals surface area (Å²) in [4.78, 5) is 10.7. The van der Waals surface area contributed by atoms with E-state index in [1.807, 2.05) is 30.3 Å². The van der Waals surface area contributed by atoms with Crippen molar-refractivity contribution >= 4 is 12.0 Å². The lowest BCUT2D eigenvalue weighted by molar-refractivity contribution is -0.114. The van der Waals surface area contributed by atoms with Crippen LogP contribution in [0, 0.1) is 0 Å². The molecule has 13 heavy (non-hydrogen) atoms. The van der Waals surface area contributed by atoms with Crippen molar-refractivity contribution < 1.29 is 9.90 Å². The van der Waals surface area contributed by atoms with Gasteiger partial charge in [0, 0.05) is 5.57 Å². The van der Waals surface area contributed by atoms with E-state index < -0.39 is 5.91 Å². The van der Waals surface area contributed by atoms with Crippen molar-refractivity contribution in [2.75, 3.05) is 6.61 Å². The highest BCUT2D eigenvalue weighted by Gasteiger charge is 2.01. The number of rotatable bonds is 3. The Bertz CT molecular complexity index is 317. The highest BCUT2D eigenvalue weighted by atomic mass is 16.3. The normalized spacial score (nSPS) is 11.3. The van der Waals surface area contributed by atoms with Crippen molar-refractivity contribution in [3.63, 3.8) is 0 Å². The summed E-state index contributed by atoms with van der Waals surface area (Å²) >= 11 is 0. The number of amides is 1. The first-order valence-electron chi connectivity index (χ1n) is 3.90. The fourth-order valence-corrected chi connectivity index (χ4v) is 0.945. The molecule has 0 spiro atoms. The van der Waals surface area contributed by atoms with Crippen LogP contribution >= 0.6 is 0 Å². The third-order valence-electron chi connectivity index (χ3n) is 1.63. The van der Waals surface area contributed by atoms with Gasteiger partial charge in [-0.25, -0.2) is 0 Å². The van der Waals surface area contributed by atoms with E-state index >= 15 is 0 Å². The predicted molar refractivity (Wildman–Crippen MR) is 50.7 cm³/mol. The van der Waals surface area contributed by atoms with Crippen LogP contribution in [-0.2, 0) is 4.79 Å². The molecule has 0 atom stereocenters. The van der Waals surface area contributed by atoms with Gasteiger partial charge in [0.25, 0.3) is 0 Å². The fraction of sp³-hybridized carbons (Fsp3) is 0.100. The van der Waals surface area contributed by atoms with Gasteiger partial charge in [-0.3, -0.25) is 4.79 Å². The number of benzene rings is 1. The molecule has 0 saturated heterocycles. The van der Waals surface area contributed by atoms with Gasteiger partial charge in [0.15, 0.2) is 0 Å². The van der Waals surface area contributed by atoms with Gasteiger partial charge in [-0.05, 0) is 11.6 Å². The Morgan fingerprint density at radius 1 is 1.38 bits per heavy atom. The monoisotopic (exact) mass is 177 g/mol. The summed E-state index contributed by atoms with van der Waals surface area (Å²) in [6.45, 7) is -0.329. The molecule has 3 heteroatoms. The van der Waals surface area contributed by atoms with Crippen LogP contribution in [0.2, 0.25) is 0 Å². The maximum Gasteiger partial charge on any atom is 0.246 e. The fourth-order valence-electron chi connectivity index (χ4n) is 0.945. The molecule has 1 aromatic rings. The quantitative estimate of drug-likeness (QED) is 0.662. The molecule has 1 rings (SSSR count). The zero-order valence-corrected chi connectivity index (χ0v) is 7.10. The summed E-state index contributed by atoms with van der Waals surface area (Å²) in [5, 5.41) is 8.79. The molecular formula is C10H11NO2. The Hall–Kier alpha value is -1.61. The van der Waals surface area contributed by atoms with Crippen LogP contribution in [0.1, 0.15) is 5.56 Å². The van der Waals surface area contributed by atoms with E-state index in [4.69, 9.17) is 10.8 Å². The van der Waals surface area contributed by atoms with E-state index in [0.29, 0.717) is 0 Å². The Kier molecular flexibility index (Phi) is 3.23. The topological polar surface area (TPSA) is 63.3 Å². The van der Waals surface area contributed by atoms with Gasteiger partial charge in [0.2, 0.25) is 5.91 Å². The maximum atomic E-state index is 10.7. The van der Waals surface area contributed by atoms with E-state index in [0.717, 1.165) is 5.56 Å². The molecule has 1 aromatic carbocycles. The van der Waals surface area contributed by atoms with E-state index in [-0.39, 0.29) is 12.2 Å². The molecule has 0 unspecified atom stereocenters. The van der Waals surface area contributed by atoms with Gasteiger partial charge in [0.1, 0.15) is 0 Å². The van der Waals surface area contributed by atoms with Crippen LogP contribution in [-0.4, -0.2) is 17.6 Å². The van der Waals surface area contributed by atoms with E-state index in [2.05, 4.69) is 0 Å². The van der Waals surface area contributed by atoms with Crippen molar-refractivity contribution in [2.45, 2.75) is 0 Å². The first kappa shape index (κ1) is 9.48. The van der Waals surface area contributed by atoms with Crippen LogP contribution in [0.15, 0.2) is 35.9 Å². The minimum Gasteiger partial charge on any atom is -0.391 e. The summed E-state index contributed by atoms with van der Waals surface area (Å²) in [5.41, 5.74) is 6.09. The molecule has 68 valence electrons.